The van der Waals surface area contributed by atoms with Gasteiger partial charge in [0.25, 0.3) is 0 Å². The van der Waals surface area contributed by atoms with Crippen molar-refractivity contribution in [1.82, 2.24) is 5.32 Å². The maximum absolute atomic E-state index is 12.6. The van der Waals surface area contributed by atoms with Crippen molar-refractivity contribution in [3.05, 3.63) is 34.3 Å². The Kier molecular flexibility index (Phi) is 5.38. The van der Waals surface area contributed by atoms with Crippen LogP contribution in [-0.4, -0.2) is 28.8 Å². The van der Waals surface area contributed by atoms with Gasteiger partial charge in [0.2, 0.25) is 5.91 Å². The van der Waals surface area contributed by atoms with Crippen molar-refractivity contribution in [3.63, 3.8) is 0 Å². The smallest absolute Gasteiger partial charge is 0.388 e. The quantitative estimate of drug-likeness (QED) is 0.795. The second kappa shape index (κ2) is 6.43. The van der Waals surface area contributed by atoms with E-state index >= 15 is 0 Å². The lowest BCUT2D eigenvalue weighted by Gasteiger charge is -2.20. The molecule has 3 N–H and O–H groups in total. The van der Waals surface area contributed by atoms with Crippen molar-refractivity contribution in [3.8, 4) is 0 Å². The monoisotopic (exact) mass is 311 g/mol. The Morgan fingerprint density at radius 2 is 2.00 bits per heavy atom. The highest BCUT2D eigenvalue weighted by molar-refractivity contribution is 6.31. The first-order chi connectivity index (χ1) is 9.12. The molecular formula is C12H13ClF3NO3. The number of carbonyl (C=O) groups excluding carboxylic acids is 1. The molecule has 0 aromatic heterocycles. The Labute approximate surface area is 118 Å². The topological polar surface area (TPSA) is 69.6 Å². The molecule has 112 valence electrons. The molecule has 0 heterocycles. The average molecular weight is 312 g/mol. The van der Waals surface area contributed by atoms with Gasteiger partial charge >= 0.3 is 6.18 Å². The number of carbonyl (C=O) groups is 1. The van der Waals surface area contributed by atoms with E-state index in [9.17, 15) is 28.2 Å². The van der Waals surface area contributed by atoms with E-state index in [0.717, 1.165) is 12.1 Å². The molecule has 2 unspecified atom stereocenters. The molecule has 8 heteroatoms. The van der Waals surface area contributed by atoms with Crippen LogP contribution in [0.4, 0.5) is 13.2 Å². The predicted molar refractivity (Wildman–Crippen MR) is 66.1 cm³/mol. The number of hydrogen-bond acceptors (Lipinski definition) is 3. The summed E-state index contributed by atoms with van der Waals surface area (Å²) in [6.45, 7) is 0.902. The number of rotatable bonds is 4. The first kappa shape index (κ1) is 16.7. The van der Waals surface area contributed by atoms with E-state index in [4.69, 9.17) is 11.6 Å². The summed E-state index contributed by atoms with van der Waals surface area (Å²) in [4.78, 5) is 10.7. The Morgan fingerprint density at radius 3 is 2.50 bits per heavy atom. The maximum Gasteiger partial charge on any atom is 0.416 e. The predicted octanol–water partition coefficient (Wildman–Crippen LogP) is 1.89. The van der Waals surface area contributed by atoms with Crippen LogP contribution in [-0.2, 0) is 11.0 Å². The Hall–Kier alpha value is -1.31. The van der Waals surface area contributed by atoms with Crippen LogP contribution in [0, 0.1) is 0 Å². The summed E-state index contributed by atoms with van der Waals surface area (Å²) in [6, 6.07) is 2.44. The lowest BCUT2D eigenvalue weighted by Crippen LogP contribution is -2.34. The first-order valence-electron chi connectivity index (χ1n) is 5.60. The van der Waals surface area contributed by atoms with E-state index in [1.807, 2.05) is 0 Å². The molecule has 0 radical (unpaired) electrons. The molecule has 1 aromatic carbocycles. The fourth-order valence-corrected chi connectivity index (χ4v) is 1.74. The van der Waals surface area contributed by atoms with Gasteiger partial charge in [-0.2, -0.15) is 13.2 Å². The molecule has 0 aliphatic heterocycles. The highest BCUT2D eigenvalue weighted by atomic mass is 35.5. The minimum absolute atomic E-state index is 0.104. The number of halogens is 4. The maximum atomic E-state index is 12.6. The molecule has 1 amide bonds. The normalized spacial score (nSPS) is 14.8. The third kappa shape index (κ3) is 4.36. The van der Waals surface area contributed by atoms with Crippen molar-refractivity contribution < 1.29 is 28.2 Å². The summed E-state index contributed by atoms with van der Waals surface area (Å²) in [6.07, 6.45) is -7.70. The molecule has 0 bridgehead atoms. The summed E-state index contributed by atoms with van der Waals surface area (Å²) >= 11 is 5.72. The molecule has 0 spiro atoms. The van der Waals surface area contributed by atoms with Crippen LogP contribution < -0.4 is 5.32 Å². The minimum atomic E-state index is -4.58. The summed E-state index contributed by atoms with van der Waals surface area (Å²) in [7, 11) is 0. The molecule has 4 nitrogen and oxygen atoms in total. The van der Waals surface area contributed by atoms with Gasteiger partial charge in [-0.1, -0.05) is 11.6 Å². The van der Waals surface area contributed by atoms with Gasteiger partial charge in [0.05, 0.1) is 5.56 Å². The number of amides is 1. The van der Waals surface area contributed by atoms with Crippen LogP contribution >= 0.6 is 11.6 Å². The van der Waals surface area contributed by atoms with Gasteiger partial charge in [0, 0.05) is 24.1 Å². The van der Waals surface area contributed by atoms with Crippen LogP contribution in [0.25, 0.3) is 0 Å². The number of alkyl halides is 3. The average Bonchev–Trinajstić information content (AvgIpc) is 2.34. The van der Waals surface area contributed by atoms with Crippen LogP contribution in [0.15, 0.2) is 18.2 Å². The van der Waals surface area contributed by atoms with Crippen molar-refractivity contribution in [1.29, 1.82) is 0 Å². The highest BCUT2D eigenvalue weighted by Crippen LogP contribution is 2.34. The van der Waals surface area contributed by atoms with Crippen molar-refractivity contribution >= 4 is 17.5 Å². The van der Waals surface area contributed by atoms with Gasteiger partial charge in [-0.25, -0.2) is 0 Å². The Bertz CT molecular complexity index is 493. The van der Waals surface area contributed by atoms with Crippen LogP contribution in [0.2, 0.25) is 5.02 Å². The first-order valence-corrected chi connectivity index (χ1v) is 5.98. The molecule has 0 aliphatic carbocycles. The van der Waals surface area contributed by atoms with Crippen LogP contribution in [0.5, 0.6) is 0 Å². The fraction of sp³-hybridized carbons (Fsp3) is 0.417. The Morgan fingerprint density at radius 1 is 1.40 bits per heavy atom. The third-order valence-electron chi connectivity index (χ3n) is 2.57. The molecular weight excluding hydrogens is 299 g/mol. The van der Waals surface area contributed by atoms with E-state index in [0.29, 0.717) is 6.07 Å². The summed E-state index contributed by atoms with van der Waals surface area (Å²) in [5.74, 6) is -0.439. The molecule has 1 aromatic rings. The zero-order valence-corrected chi connectivity index (χ0v) is 11.2. The molecule has 0 saturated heterocycles. The van der Waals surface area contributed by atoms with Crippen LogP contribution in [0.1, 0.15) is 24.2 Å². The van der Waals surface area contributed by atoms with Crippen LogP contribution in [0.3, 0.4) is 0 Å². The fourth-order valence-electron chi connectivity index (χ4n) is 1.51. The van der Waals surface area contributed by atoms with Crippen molar-refractivity contribution in [2.75, 3.05) is 6.54 Å². The second-order valence-corrected chi connectivity index (χ2v) is 4.59. The molecule has 1 rings (SSSR count). The molecule has 0 aliphatic rings. The van der Waals surface area contributed by atoms with Crippen molar-refractivity contribution in [2.45, 2.75) is 25.3 Å². The van der Waals surface area contributed by atoms with E-state index in [1.165, 1.54) is 6.92 Å². The lowest BCUT2D eigenvalue weighted by molar-refractivity contribution is -0.137. The molecule has 0 fully saturated rings. The standard InChI is InChI=1S/C12H13ClF3NO3/c1-6(18)17-5-10(19)11(20)8-4-7(12(14,15)16)2-3-9(8)13/h2-4,10-11,19-20H,5H2,1H3,(H,17,18). The SMILES string of the molecule is CC(=O)NCC(O)C(O)c1cc(C(F)(F)F)ccc1Cl. The lowest BCUT2D eigenvalue weighted by atomic mass is 10.0. The molecule has 0 saturated carbocycles. The second-order valence-electron chi connectivity index (χ2n) is 4.18. The van der Waals surface area contributed by atoms with Gasteiger partial charge < -0.3 is 15.5 Å². The van der Waals surface area contributed by atoms with Gasteiger partial charge in [-0.15, -0.1) is 0 Å². The van der Waals surface area contributed by atoms with Gasteiger partial charge in [0.1, 0.15) is 12.2 Å². The van der Waals surface area contributed by atoms with Crippen molar-refractivity contribution in [2.24, 2.45) is 0 Å². The highest BCUT2D eigenvalue weighted by Gasteiger charge is 2.32. The molecule has 2 atom stereocenters. The minimum Gasteiger partial charge on any atom is -0.388 e. The summed E-state index contributed by atoms with van der Waals surface area (Å²) in [5.41, 5.74) is -1.23. The van der Waals surface area contributed by atoms with Gasteiger partial charge in [-0.3, -0.25) is 4.79 Å². The zero-order chi connectivity index (χ0) is 15.5. The number of aliphatic hydroxyl groups excluding tert-OH is 2. The number of aliphatic hydroxyl groups is 2. The third-order valence-corrected chi connectivity index (χ3v) is 2.91. The van der Waals surface area contributed by atoms with E-state index in [2.05, 4.69) is 5.32 Å². The number of nitrogens with one attached hydrogen (secondary N) is 1. The zero-order valence-electron chi connectivity index (χ0n) is 10.4. The van der Waals surface area contributed by atoms with E-state index in [-0.39, 0.29) is 17.1 Å². The largest absolute Gasteiger partial charge is 0.416 e. The summed E-state index contributed by atoms with van der Waals surface area (Å²) in [5, 5.41) is 21.6. The van der Waals surface area contributed by atoms with Gasteiger partial charge in [-0.05, 0) is 18.2 Å². The van der Waals surface area contributed by atoms with E-state index in [1.54, 1.807) is 0 Å². The number of hydrogen-bond donors (Lipinski definition) is 3. The number of benzene rings is 1. The Balaban J connectivity index is 2.97. The van der Waals surface area contributed by atoms with E-state index < -0.39 is 29.9 Å². The molecule has 20 heavy (non-hydrogen) atoms. The summed E-state index contributed by atoms with van der Waals surface area (Å²) < 4.78 is 37.7. The van der Waals surface area contributed by atoms with Gasteiger partial charge in [0.15, 0.2) is 0 Å².